The van der Waals surface area contributed by atoms with Gasteiger partial charge in [-0.05, 0) is 37.5 Å². The van der Waals surface area contributed by atoms with Crippen LogP contribution in [0.1, 0.15) is 91.9 Å². The summed E-state index contributed by atoms with van der Waals surface area (Å²) in [6.07, 6.45) is 8.51. The fourth-order valence-electron chi connectivity index (χ4n) is 5.21. The number of nitrogens with one attached hydrogen (secondary N) is 2. The van der Waals surface area contributed by atoms with Crippen molar-refractivity contribution in [3.8, 4) is 0 Å². The highest BCUT2D eigenvalue weighted by Gasteiger charge is 2.43. The van der Waals surface area contributed by atoms with Crippen molar-refractivity contribution in [3.05, 3.63) is 0 Å². The molecule has 2 aliphatic rings. The molecule has 2 fully saturated rings. The van der Waals surface area contributed by atoms with Crippen LogP contribution in [0.15, 0.2) is 0 Å². The van der Waals surface area contributed by atoms with E-state index in [2.05, 4.69) is 10.6 Å². The third-order valence-corrected chi connectivity index (χ3v) is 6.71. The Hall–Kier alpha value is -1.14. The third-order valence-electron chi connectivity index (χ3n) is 6.71. The monoisotopic (exact) mass is 396 g/mol. The second-order valence-electron chi connectivity index (χ2n) is 9.72. The highest BCUT2D eigenvalue weighted by molar-refractivity contribution is 6.35. The molecule has 0 radical (unpaired) electrons. The van der Waals surface area contributed by atoms with Gasteiger partial charge in [-0.15, -0.1) is 0 Å². The summed E-state index contributed by atoms with van der Waals surface area (Å²) in [6, 6.07) is -0.914. The van der Waals surface area contributed by atoms with Gasteiger partial charge in [0.1, 0.15) is 0 Å². The molecular weight excluding hydrogens is 356 g/mol. The summed E-state index contributed by atoms with van der Waals surface area (Å²) in [5.74, 6) is -1.41. The molecule has 2 atom stereocenters. The Kier molecular flexibility index (Phi) is 7.91. The fraction of sp³-hybridized carbons (Fsp3) is 0.909. The zero-order valence-corrected chi connectivity index (χ0v) is 18.1. The molecule has 0 saturated heterocycles. The van der Waals surface area contributed by atoms with Gasteiger partial charge in [-0.1, -0.05) is 66.2 Å². The van der Waals surface area contributed by atoms with Crippen LogP contribution in [0.4, 0.5) is 0 Å². The van der Waals surface area contributed by atoms with Crippen molar-refractivity contribution >= 4 is 11.8 Å². The topological polar surface area (TPSA) is 98.7 Å². The van der Waals surface area contributed by atoms with Gasteiger partial charge in [0, 0.05) is 0 Å². The molecule has 2 amide bonds. The van der Waals surface area contributed by atoms with E-state index in [1.165, 1.54) is 0 Å². The van der Waals surface area contributed by atoms with E-state index in [1.807, 2.05) is 27.7 Å². The van der Waals surface area contributed by atoms with Gasteiger partial charge in [0.05, 0.1) is 23.3 Å². The number of aliphatic hydroxyl groups is 2. The zero-order chi connectivity index (χ0) is 20.9. The minimum absolute atomic E-state index is 0.0169. The number of hydrogen-bond acceptors (Lipinski definition) is 4. The van der Waals surface area contributed by atoms with Crippen LogP contribution in [-0.4, -0.2) is 45.3 Å². The minimum Gasteiger partial charge on any atom is -0.388 e. The maximum Gasteiger partial charge on any atom is 0.309 e. The van der Waals surface area contributed by atoms with Crippen LogP contribution in [0.5, 0.6) is 0 Å². The van der Waals surface area contributed by atoms with Crippen LogP contribution in [0, 0.1) is 11.8 Å². The van der Waals surface area contributed by atoms with Crippen LogP contribution in [0.2, 0.25) is 0 Å². The largest absolute Gasteiger partial charge is 0.388 e. The predicted molar refractivity (Wildman–Crippen MR) is 110 cm³/mol. The zero-order valence-electron chi connectivity index (χ0n) is 18.1. The smallest absolute Gasteiger partial charge is 0.309 e. The molecule has 2 unspecified atom stereocenters. The van der Waals surface area contributed by atoms with Gasteiger partial charge in [-0.25, -0.2) is 0 Å². The van der Waals surface area contributed by atoms with Crippen LogP contribution >= 0.6 is 0 Å². The van der Waals surface area contributed by atoms with Crippen molar-refractivity contribution in [2.45, 2.75) is 115 Å². The van der Waals surface area contributed by atoms with Crippen LogP contribution in [0.3, 0.4) is 0 Å². The molecule has 4 N–H and O–H groups in total. The second-order valence-corrected chi connectivity index (χ2v) is 9.72. The van der Waals surface area contributed by atoms with Gasteiger partial charge in [-0.2, -0.15) is 0 Å². The first-order chi connectivity index (χ1) is 13.1. The molecule has 2 saturated carbocycles. The Labute approximate surface area is 169 Å². The van der Waals surface area contributed by atoms with Crippen molar-refractivity contribution in [1.82, 2.24) is 10.6 Å². The molecule has 2 aliphatic carbocycles. The van der Waals surface area contributed by atoms with Gasteiger partial charge >= 0.3 is 11.8 Å². The second kappa shape index (κ2) is 9.57. The molecule has 28 heavy (non-hydrogen) atoms. The SMILES string of the molecule is CC(C)C(NC(=O)C(=O)NC(C(C)C)C1(O)CCCCC1)C1(O)CCCCC1. The molecule has 0 aliphatic heterocycles. The molecule has 0 spiro atoms. The fourth-order valence-corrected chi connectivity index (χ4v) is 5.21. The molecule has 0 heterocycles. The summed E-state index contributed by atoms with van der Waals surface area (Å²) in [5.41, 5.74) is -1.91. The van der Waals surface area contributed by atoms with Gasteiger partial charge in [0.25, 0.3) is 0 Å². The molecule has 162 valence electrons. The van der Waals surface area contributed by atoms with E-state index in [0.717, 1.165) is 38.5 Å². The van der Waals surface area contributed by atoms with Gasteiger partial charge in [-0.3, -0.25) is 9.59 Å². The highest BCUT2D eigenvalue weighted by Crippen LogP contribution is 2.35. The molecule has 0 aromatic rings. The van der Waals surface area contributed by atoms with E-state index in [4.69, 9.17) is 0 Å². The number of carbonyl (C=O) groups is 2. The molecule has 0 aromatic carbocycles. The number of hydrogen-bond donors (Lipinski definition) is 4. The Morgan fingerprint density at radius 2 is 0.929 bits per heavy atom. The van der Waals surface area contributed by atoms with Crippen molar-refractivity contribution in [1.29, 1.82) is 0 Å². The molecule has 6 nitrogen and oxygen atoms in total. The molecule has 0 bridgehead atoms. The van der Waals surface area contributed by atoms with Crippen molar-refractivity contribution < 1.29 is 19.8 Å². The van der Waals surface area contributed by atoms with Crippen molar-refractivity contribution in [3.63, 3.8) is 0 Å². The molecular formula is C22H40N2O4. The van der Waals surface area contributed by atoms with Crippen molar-refractivity contribution in [2.24, 2.45) is 11.8 Å². The summed E-state index contributed by atoms with van der Waals surface area (Å²) >= 11 is 0. The summed E-state index contributed by atoms with van der Waals surface area (Å²) in [6.45, 7) is 7.82. The van der Waals surface area contributed by atoms with E-state index in [9.17, 15) is 19.8 Å². The Morgan fingerprint density at radius 1 is 0.643 bits per heavy atom. The lowest BCUT2D eigenvalue weighted by Crippen LogP contribution is -2.62. The third kappa shape index (κ3) is 5.47. The predicted octanol–water partition coefficient (Wildman–Crippen LogP) is 2.66. The average molecular weight is 397 g/mol. The number of carbonyl (C=O) groups excluding carboxylic acids is 2. The van der Waals surface area contributed by atoms with Gasteiger partial charge in [0.15, 0.2) is 0 Å². The van der Waals surface area contributed by atoms with E-state index < -0.39 is 35.1 Å². The van der Waals surface area contributed by atoms with Gasteiger partial charge < -0.3 is 20.8 Å². The number of amides is 2. The Balaban J connectivity index is 2.05. The quantitative estimate of drug-likeness (QED) is 0.519. The maximum absolute atomic E-state index is 12.7. The maximum atomic E-state index is 12.7. The first-order valence-electron chi connectivity index (χ1n) is 11.2. The molecule has 2 rings (SSSR count). The van der Waals surface area contributed by atoms with E-state index in [1.54, 1.807) is 0 Å². The summed E-state index contributed by atoms with van der Waals surface area (Å²) in [4.78, 5) is 25.3. The lowest BCUT2D eigenvalue weighted by molar-refractivity contribution is -0.144. The normalized spacial score (nSPS) is 23.9. The van der Waals surface area contributed by atoms with Crippen molar-refractivity contribution in [2.75, 3.05) is 0 Å². The lowest BCUT2D eigenvalue weighted by atomic mass is 9.75. The standard InChI is InChI=1S/C22H40N2O4/c1-15(2)17(21(27)11-7-5-8-12-21)23-19(25)20(26)24-18(16(3)4)22(28)13-9-6-10-14-22/h15-18,27-28H,5-14H2,1-4H3,(H,23,25)(H,24,26). The van der Waals surface area contributed by atoms with Crippen LogP contribution in [0.25, 0.3) is 0 Å². The highest BCUT2D eigenvalue weighted by atomic mass is 16.3. The molecule has 0 aromatic heterocycles. The summed E-state index contributed by atoms with van der Waals surface area (Å²) in [7, 11) is 0. The van der Waals surface area contributed by atoms with Crippen LogP contribution in [-0.2, 0) is 9.59 Å². The first kappa shape index (κ1) is 23.1. The summed E-state index contributed by atoms with van der Waals surface area (Å²) < 4.78 is 0. The first-order valence-corrected chi connectivity index (χ1v) is 11.2. The van der Waals surface area contributed by atoms with E-state index >= 15 is 0 Å². The molecule has 6 heteroatoms. The lowest BCUT2D eigenvalue weighted by Gasteiger charge is -2.42. The Morgan fingerprint density at radius 3 is 1.18 bits per heavy atom. The van der Waals surface area contributed by atoms with E-state index in [0.29, 0.717) is 25.7 Å². The average Bonchev–Trinajstić information content (AvgIpc) is 2.64. The Bertz CT molecular complexity index is 487. The minimum atomic E-state index is -0.957. The summed E-state index contributed by atoms with van der Waals surface area (Å²) in [5, 5.41) is 27.7. The van der Waals surface area contributed by atoms with Crippen LogP contribution < -0.4 is 10.6 Å². The van der Waals surface area contributed by atoms with Gasteiger partial charge in [0.2, 0.25) is 0 Å². The number of rotatable bonds is 6. The van der Waals surface area contributed by atoms with E-state index in [-0.39, 0.29) is 11.8 Å².